The van der Waals surface area contributed by atoms with Crippen LogP contribution in [-0.2, 0) is 0 Å². The summed E-state index contributed by atoms with van der Waals surface area (Å²) in [6.07, 6.45) is 4.41. The first-order valence-electron chi connectivity index (χ1n) is 3.43. The van der Waals surface area contributed by atoms with E-state index in [1.165, 1.54) is 18.2 Å². The van der Waals surface area contributed by atoms with Gasteiger partial charge < -0.3 is 5.73 Å². The average Bonchev–Trinajstić information content (AvgIpc) is 1.84. The molecular weight excluding hydrogens is 129 g/mol. The molecule has 0 aromatic rings. The van der Waals surface area contributed by atoms with Gasteiger partial charge in [-0.25, -0.2) is 0 Å². The Balaban J connectivity index is 2.44. The van der Waals surface area contributed by atoms with Gasteiger partial charge in [0.25, 0.3) is 0 Å². The van der Waals surface area contributed by atoms with E-state index in [-0.39, 0.29) is 0 Å². The Kier molecular flexibility index (Phi) is 2.13. The minimum Gasteiger partial charge on any atom is -0.404 e. The summed E-state index contributed by atoms with van der Waals surface area (Å²) in [7, 11) is 2.71. The summed E-state index contributed by atoms with van der Waals surface area (Å²) in [6.45, 7) is 2.28. The van der Waals surface area contributed by atoms with Crippen molar-refractivity contribution in [3.05, 3.63) is 11.5 Å². The maximum absolute atomic E-state index is 5.36. The van der Waals surface area contributed by atoms with Crippen molar-refractivity contribution in [3.8, 4) is 0 Å². The lowest BCUT2D eigenvalue weighted by Crippen LogP contribution is -2.23. The van der Waals surface area contributed by atoms with E-state index in [0.717, 1.165) is 11.8 Å². The first-order valence-corrected chi connectivity index (χ1v) is 4.00. The molecule has 0 aromatic heterocycles. The highest BCUT2D eigenvalue weighted by atomic mass is 31.0. The molecule has 0 aliphatic heterocycles. The largest absolute Gasteiger partial charge is 0.404 e. The Labute approximate surface area is 58.9 Å². The fraction of sp³-hybridized carbons (Fsp3) is 0.714. The summed E-state index contributed by atoms with van der Waals surface area (Å²) < 4.78 is 0. The molecule has 1 saturated carbocycles. The van der Waals surface area contributed by atoms with Gasteiger partial charge in [0.05, 0.1) is 0 Å². The lowest BCUT2D eigenvalue weighted by Gasteiger charge is -2.34. The van der Waals surface area contributed by atoms with Gasteiger partial charge in [-0.2, -0.15) is 0 Å². The van der Waals surface area contributed by atoms with E-state index in [4.69, 9.17) is 5.73 Å². The highest BCUT2D eigenvalue weighted by molar-refractivity contribution is 7.22. The van der Waals surface area contributed by atoms with Crippen molar-refractivity contribution in [1.82, 2.24) is 0 Å². The third-order valence-electron chi connectivity index (χ3n) is 2.24. The molecule has 1 aliphatic rings. The molecule has 1 fully saturated rings. The quantitative estimate of drug-likeness (QED) is 0.555. The van der Waals surface area contributed by atoms with Crippen molar-refractivity contribution in [2.45, 2.75) is 19.8 Å². The second kappa shape index (κ2) is 2.70. The Morgan fingerprint density at radius 3 is 2.44 bits per heavy atom. The fourth-order valence-corrected chi connectivity index (χ4v) is 1.78. The molecule has 2 heteroatoms. The molecule has 9 heavy (non-hydrogen) atoms. The molecule has 3 atom stereocenters. The van der Waals surface area contributed by atoms with Gasteiger partial charge in [0.15, 0.2) is 0 Å². The van der Waals surface area contributed by atoms with Crippen LogP contribution < -0.4 is 5.73 Å². The minimum atomic E-state index is 0.764. The van der Waals surface area contributed by atoms with E-state index < -0.39 is 0 Å². The van der Waals surface area contributed by atoms with Crippen molar-refractivity contribution in [3.63, 3.8) is 0 Å². The molecule has 0 amide bonds. The van der Waals surface area contributed by atoms with Gasteiger partial charge in [0.2, 0.25) is 0 Å². The zero-order chi connectivity index (χ0) is 6.85. The van der Waals surface area contributed by atoms with E-state index in [2.05, 4.69) is 16.2 Å². The second-order valence-electron chi connectivity index (χ2n) is 2.83. The van der Waals surface area contributed by atoms with Crippen LogP contribution in [0.5, 0.6) is 0 Å². The Hall–Kier alpha value is -0.0300. The number of hydrogen-bond donors (Lipinski definition) is 1. The molecule has 0 bridgehead atoms. The van der Waals surface area contributed by atoms with Gasteiger partial charge in [0.1, 0.15) is 0 Å². The Morgan fingerprint density at radius 2 is 2.33 bits per heavy atom. The van der Waals surface area contributed by atoms with Gasteiger partial charge in [-0.3, -0.25) is 0 Å². The molecule has 0 aromatic carbocycles. The van der Waals surface area contributed by atoms with Crippen LogP contribution in [0.25, 0.3) is 0 Å². The Morgan fingerprint density at radius 1 is 1.67 bits per heavy atom. The molecule has 0 heterocycles. The van der Waals surface area contributed by atoms with Crippen LogP contribution >= 0.6 is 9.24 Å². The van der Waals surface area contributed by atoms with Gasteiger partial charge in [-0.05, 0) is 36.2 Å². The topological polar surface area (TPSA) is 26.0 Å². The SMILES string of the molecule is C[C@@H]1CCC1/C(P)=C\N. The van der Waals surface area contributed by atoms with Crippen LogP contribution in [0.2, 0.25) is 0 Å². The van der Waals surface area contributed by atoms with Gasteiger partial charge >= 0.3 is 0 Å². The molecule has 1 nitrogen and oxygen atoms in total. The van der Waals surface area contributed by atoms with Crippen LogP contribution in [0.3, 0.4) is 0 Å². The third-order valence-corrected chi connectivity index (χ3v) is 2.86. The van der Waals surface area contributed by atoms with Crippen LogP contribution in [0, 0.1) is 11.8 Å². The average molecular weight is 143 g/mol. The van der Waals surface area contributed by atoms with Crippen LogP contribution in [0.1, 0.15) is 19.8 Å². The molecule has 2 unspecified atom stereocenters. The van der Waals surface area contributed by atoms with E-state index in [9.17, 15) is 0 Å². The second-order valence-corrected chi connectivity index (χ2v) is 3.49. The maximum atomic E-state index is 5.36. The van der Waals surface area contributed by atoms with Crippen molar-refractivity contribution < 1.29 is 0 Å². The zero-order valence-electron chi connectivity index (χ0n) is 5.80. The minimum absolute atomic E-state index is 0.764. The molecule has 0 radical (unpaired) electrons. The molecule has 52 valence electrons. The third kappa shape index (κ3) is 1.27. The van der Waals surface area contributed by atoms with Crippen LogP contribution in [0.4, 0.5) is 0 Å². The van der Waals surface area contributed by atoms with Gasteiger partial charge in [-0.1, -0.05) is 6.92 Å². The van der Waals surface area contributed by atoms with Crippen molar-refractivity contribution >= 4 is 9.24 Å². The first-order chi connectivity index (χ1) is 4.25. The van der Waals surface area contributed by atoms with E-state index >= 15 is 0 Å². The number of allylic oxidation sites excluding steroid dienone is 1. The molecular formula is C7H14NP. The smallest absolute Gasteiger partial charge is 0.00273 e. The van der Waals surface area contributed by atoms with Crippen molar-refractivity contribution in [2.24, 2.45) is 17.6 Å². The highest BCUT2D eigenvalue weighted by Crippen LogP contribution is 2.40. The fourth-order valence-electron chi connectivity index (χ4n) is 1.29. The van der Waals surface area contributed by atoms with Crippen LogP contribution in [0.15, 0.2) is 11.5 Å². The summed E-state index contributed by atoms with van der Waals surface area (Å²) >= 11 is 0. The van der Waals surface area contributed by atoms with Crippen molar-refractivity contribution in [1.29, 1.82) is 0 Å². The van der Waals surface area contributed by atoms with E-state index in [1.54, 1.807) is 6.20 Å². The predicted molar refractivity (Wildman–Crippen MR) is 43.9 cm³/mol. The lowest BCUT2D eigenvalue weighted by molar-refractivity contribution is 0.246. The number of rotatable bonds is 1. The summed E-state index contributed by atoms with van der Waals surface area (Å²) in [5.41, 5.74) is 5.36. The lowest BCUT2D eigenvalue weighted by atomic mass is 9.75. The Bertz CT molecular complexity index is 131. The van der Waals surface area contributed by atoms with E-state index in [0.29, 0.717) is 0 Å². The zero-order valence-corrected chi connectivity index (χ0v) is 6.96. The van der Waals surface area contributed by atoms with E-state index in [1.807, 2.05) is 0 Å². The van der Waals surface area contributed by atoms with Crippen LogP contribution in [-0.4, -0.2) is 0 Å². The molecule has 0 saturated heterocycles. The van der Waals surface area contributed by atoms with Gasteiger partial charge in [0, 0.05) is 0 Å². The van der Waals surface area contributed by atoms with Gasteiger partial charge in [-0.15, -0.1) is 9.24 Å². The normalized spacial score (nSPS) is 36.0. The van der Waals surface area contributed by atoms with Crippen molar-refractivity contribution in [2.75, 3.05) is 0 Å². The summed E-state index contributed by atoms with van der Waals surface area (Å²) in [4.78, 5) is 0. The number of nitrogens with two attached hydrogens (primary N) is 1. The summed E-state index contributed by atoms with van der Waals surface area (Å²) in [6, 6.07) is 0. The molecule has 2 N–H and O–H groups in total. The first kappa shape index (κ1) is 7.08. The monoisotopic (exact) mass is 143 g/mol. The number of hydrogen-bond acceptors (Lipinski definition) is 1. The highest BCUT2D eigenvalue weighted by Gasteiger charge is 2.27. The summed E-state index contributed by atoms with van der Waals surface area (Å²) in [5.74, 6) is 1.62. The molecule has 1 aliphatic carbocycles. The molecule has 0 spiro atoms. The molecule has 1 rings (SSSR count). The maximum Gasteiger partial charge on any atom is -0.00273 e. The predicted octanol–water partition coefficient (Wildman–Crippen LogP) is 1.71. The summed E-state index contributed by atoms with van der Waals surface area (Å²) in [5, 5.41) is 1.29. The standard InChI is InChI=1S/C7H14NP/c1-5-2-3-6(5)7(9)4-8/h4-6H,2-3,8-9H2,1H3/b7-4+/t5-,6?/m1/s1.